The van der Waals surface area contributed by atoms with Gasteiger partial charge in [-0.25, -0.2) is 0 Å². The molecule has 0 aliphatic heterocycles. The van der Waals surface area contributed by atoms with Gasteiger partial charge in [0.1, 0.15) is 0 Å². The van der Waals surface area contributed by atoms with Crippen LogP contribution in [0.3, 0.4) is 0 Å². The number of hydrogen-bond acceptors (Lipinski definition) is 3. The molecule has 0 spiro atoms. The quantitative estimate of drug-likeness (QED) is 0.533. The highest BCUT2D eigenvalue weighted by Gasteiger charge is 1.94. The van der Waals surface area contributed by atoms with E-state index in [1.54, 1.807) is 7.11 Å². The zero-order valence-electron chi connectivity index (χ0n) is 9.67. The third-order valence-corrected chi connectivity index (χ3v) is 2.10. The minimum absolute atomic E-state index is 0.203. The van der Waals surface area contributed by atoms with E-state index in [9.17, 15) is 4.79 Å². The fourth-order valence-electron chi connectivity index (χ4n) is 1.26. The first kappa shape index (κ1) is 14.4. The molecule has 0 fully saturated rings. The summed E-state index contributed by atoms with van der Waals surface area (Å²) >= 11 is 0. The molecule has 90 valence electrons. The Morgan fingerprint density at radius 2 is 1.67 bits per heavy atom. The molecule has 0 radical (unpaired) electrons. The van der Waals surface area contributed by atoms with E-state index in [0.717, 1.165) is 51.9 Å². The highest BCUT2D eigenvalue weighted by atomic mass is 16.5. The maximum atomic E-state index is 10.4. The van der Waals surface area contributed by atoms with Crippen LogP contribution in [0.5, 0.6) is 0 Å². The topological polar surface area (TPSA) is 61.6 Å². The number of carbonyl (C=O) groups is 1. The van der Waals surface area contributed by atoms with E-state index in [-0.39, 0.29) is 5.91 Å². The number of primary amides is 1. The van der Waals surface area contributed by atoms with Crippen molar-refractivity contribution in [2.45, 2.75) is 38.5 Å². The van der Waals surface area contributed by atoms with Gasteiger partial charge in [0.15, 0.2) is 0 Å². The number of rotatable bonds is 11. The van der Waals surface area contributed by atoms with E-state index in [2.05, 4.69) is 0 Å². The number of methoxy groups -OCH3 is 1. The van der Waals surface area contributed by atoms with Gasteiger partial charge in [-0.3, -0.25) is 4.79 Å². The Balaban J connectivity index is 2.89. The third kappa shape index (κ3) is 13.4. The molecule has 0 aliphatic rings. The van der Waals surface area contributed by atoms with Crippen LogP contribution in [0.25, 0.3) is 0 Å². The van der Waals surface area contributed by atoms with Crippen LogP contribution in [0.15, 0.2) is 0 Å². The summed E-state index contributed by atoms with van der Waals surface area (Å²) in [6, 6.07) is 0. The summed E-state index contributed by atoms with van der Waals surface area (Å²) in [7, 11) is 1.69. The van der Waals surface area contributed by atoms with Crippen molar-refractivity contribution < 1.29 is 14.3 Å². The van der Waals surface area contributed by atoms with Crippen molar-refractivity contribution in [3.8, 4) is 0 Å². The molecule has 0 bridgehead atoms. The Kier molecular flexibility index (Phi) is 11.0. The van der Waals surface area contributed by atoms with Gasteiger partial charge >= 0.3 is 0 Å². The fourth-order valence-corrected chi connectivity index (χ4v) is 1.26. The summed E-state index contributed by atoms with van der Waals surface area (Å²) in [6.45, 7) is 2.34. The van der Waals surface area contributed by atoms with E-state index in [4.69, 9.17) is 15.2 Å². The van der Waals surface area contributed by atoms with E-state index < -0.39 is 0 Å². The molecule has 15 heavy (non-hydrogen) atoms. The van der Waals surface area contributed by atoms with Crippen molar-refractivity contribution in [2.75, 3.05) is 26.9 Å². The maximum absolute atomic E-state index is 10.4. The van der Waals surface area contributed by atoms with Crippen molar-refractivity contribution in [3.63, 3.8) is 0 Å². The van der Waals surface area contributed by atoms with Crippen LogP contribution >= 0.6 is 0 Å². The molecule has 0 saturated heterocycles. The second-order valence-corrected chi connectivity index (χ2v) is 3.59. The zero-order valence-corrected chi connectivity index (χ0v) is 9.67. The smallest absolute Gasteiger partial charge is 0.217 e. The second kappa shape index (κ2) is 11.5. The van der Waals surface area contributed by atoms with Crippen molar-refractivity contribution in [1.29, 1.82) is 0 Å². The predicted molar refractivity (Wildman–Crippen MR) is 59.6 cm³/mol. The van der Waals surface area contributed by atoms with E-state index in [1.807, 2.05) is 0 Å². The van der Waals surface area contributed by atoms with Crippen molar-refractivity contribution in [2.24, 2.45) is 5.73 Å². The first-order valence-electron chi connectivity index (χ1n) is 5.62. The van der Waals surface area contributed by atoms with Crippen molar-refractivity contribution in [3.05, 3.63) is 0 Å². The van der Waals surface area contributed by atoms with Crippen LogP contribution in [0.1, 0.15) is 38.5 Å². The molecule has 0 atom stereocenters. The maximum Gasteiger partial charge on any atom is 0.217 e. The van der Waals surface area contributed by atoms with E-state index in [1.165, 1.54) is 0 Å². The molecule has 0 unspecified atom stereocenters. The van der Waals surface area contributed by atoms with Crippen LogP contribution in [-0.4, -0.2) is 32.8 Å². The minimum Gasteiger partial charge on any atom is -0.385 e. The Bertz CT molecular complexity index is 151. The lowest BCUT2D eigenvalue weighted by molar-refractivity contribution is -0.118. The molecular weight excluding hydrogens is 194 g/mol. The predicted octanol–water partition coefficient (Wildman–Crippen LogP) is 1.48. The summed E-state index contributed by atoms with van der Waals surface area (Å²) in [5.74, 6) is -0.203. The average Bonchev–Trinajstić information content (AvgIpc) is 2.20. The number of ether oxygens (including phenoxy) is 2. The number of carbonyl (C=O) groups excluding carboxylic acids is 1. The van der Waals surface area contributed by atoms with E-state index in [0.29, 0.717) is 6.42 Å². The lowest BCUT2D eigenvalue weighted by Crippen LogP contribution is -2.09. The van der Waals surface area contributed by atoms with Gasteiger partial charge in [-0.15, -0.1) is 0 Å². The summed E-state index contributed by atoms with van der Waals surface area (Å²) in [5, 5.41) is 0. The molecule has 0 rings (SSSR count). The second-order valence-electron chi connectivity index (χ2n) is 3.59. The highest BCUT2D eigenvalue weighted by molar-refractivity contribution is 5.73. The zero-order chi connectivity index (χ0) is 11.4. The SMILES string of the molecule is COCCCOCCCCCCC(N)=O. The molecule has 0 aromatic rings. The molecule has 2 N–H and O–H groups in total. The third-order valence-electron chi connectivity index (χ3n) is 2.10. The molecule has 0 aromatic heterocycles. The number of amides is 1. The Morgan fingerprint density at radius 1 is 1.00 bits per heavy atom. The molecule has 1 amide bonds. The van der Waals surface area contributed by atoms with Crippen molar-refractivity contribution >= 4 is 5.91 Å². The molecule has 4 nitrogen and oxygen atoms in total. The van der Waals surface area contributed by atoms with E-state index >= 15 is 0 Å². The lowest BCUT2D eigenvalue weighted by Gasteiger charge is -2.03. The number of hydrogen-bond donors (Lipinski definition) is 1. The largest absolute Gasteiger partial charge is 0.385 e. The van der Waals surface area contributed by atoms with Crippen LogP contribution < -0.4 is 5.73 Å². The first-order valence-corrected chi connectivity index (χ1v) is 5.62. The van der Waals surface area contributed by atoms with Crippen LogP contribution in [0, 0.1) is 0 Å². The van der Waals surface area contributed by atoms with Gasteiger partial charge in [0.25, 0.3) is 0 Å². The molecule has 0 aliphatic carbocycles. The molecular formula is C11H23NO3. The monoisotopic (exact) mass is 217 g/mol. The summed E-state index contributed by atoms with van der Waals surface area (Å²) < 4.78 is 10.3. The Hall–Kier alpha value is -0.610. The fraction of sp³-hybridized carbons (Fsp3) is 0.909. The lowest BCUT2D eigenvalue weighted by atomic mass is 10.1. The van der Waals surface area contributed by atoms with Crippen LogP contribution in [0.2, 0.25) is 0 Å². The summed E-state index contributed by atoms with van der Waals surface area (Å²) in [5.41, 5.74) is 5.03. The van der Waals surface area contributed by atoms with Gasteiger partial charge < -0.3 is 15.2 Å². The standard InChI is InChI=1S/C11H23NO3/c1-14-8-6-10-15-9-5-3-2-4-7-11(12)13/h2-10H2,1H3,(H2,12,13). The van der Waals surface area contributed by atoms with Gasteiger partial charge in [-0.2, -0.15) is 0 Å². The van der Waals surface area contributed by atoms with Gasteiger partial charge in [0.2, 0.25) is 5.91 Å². The van der Waals surface area contributed by atoms with Gasteiger partial charge in [-0.05, 0) is 19.3 Å². The minimum atomic E-state index is -0.203. The first-order chi connectivity index (χ1) is 7.27. The summed E-state index contributed by atoms with van der Waals surface area (Å²) in [6.07, 6.45) is 5.60. The van der Waals surface area contributed by atoms with Crippen LogP contribution in [0.4, 0.5) is 0 Å². The normalized spacial score (nSPS) is 10.5. The van der Waals surface area contributed by atoms with Crippen LogP contribution in [-0.2, 0) is 14.3 Å². The Labute approximate surface area is 92.1 Å². The van der Waals surface area contributed by atoms with Gasteiger partial charge in [0.05, 0.1) is 0 Å². The van der Waals surface area contributed by atoms with Gasteiger partial charge in [-0.1, -0.05) is 12.8 Å². The molecule has 0 aromatic carbocycles. The van der Waals surface area contributed by atoms with Crippen molar-refractivity contribution in [1.82, 2.24) is 0 Å². The molecule has 0 saturated carbocycles. The highest BCUT2D eigenvalue weighted by Crippen LogP contribution is 2.02. The summed E-state index contributed by atoms with van der Waals surface area (Å²) in [4.78, 5) is 10.4. The average molecular weight is 217 g/mol. The molecule has 0 heterocycles. The molecule has 4 heteroatoms. The van der Waals surface area contributed by atoms with Gasteiger partial charge in [0, 0.05) is 33.4 Å². The number of unbranched alkanes of at least 4 members (excludes halogenated alkanes) is 3. The number of nitrogens with two attached hydrogens (primary N) is 1. The Morgan fingerprint density at radius 3 is 2.33 bits per heavy atom.